The first kappa shape index (κ1) is 7.58. The van der Waals surface area contributed by atoms with Crippen LogP contribution in [0.5, 0.6) is 0 Å². The molecule has 0 radical (unpaired) electrons. The molecule has 2 heteroatoms. The van der Waals surface area contributed by atoms with Gasteiger partial charge in [-0.1, -0.05) is 19.3 Å². The van der Waals surface area contributed by atoms with E-state index >= 15 is 0 Å². The van der Waals surface area contributed by atoms with Gasteiger partial charge in [0.1, 0.15) is 0 Å². The zero-order chi connectivity index (χ0) is 7.23. The highest BCUT2D eigenvalue weighted by Crippen LogP contribution is 2.14. The number of nitrogens with zero attached hydrogens (tertiary/aromatic N) is 1. The summed E-state index contributed by atoms with van der Waals surface area (Å²) in [6.45, 7) is 0. The van der Waals surface area contributed by atoms with E-state index in [0.717, 1.165) is 12.8 Å². The van der Waals surface area contributed by atoms with E-state index in [0.29, 0.717) is 0 Å². The minimum atomic E-state index is 1.14. The zero-order valence-corrected chi connectivity index (χ0v) is 6.47. The third-order valence-corrected chi connectivity index (χ3v) is 2.11. The Morgan fingerprint density at radius 2 is 1.40 bits per heavy atom. The molecule has 0 aromatic carbocycles. The molecular formula is C8H16N2. The van der Waals surface area contributed by atoms with E-state index in [4.69, 9.17) is 5.84 Å². The lowest BCUT2D eigenvalue weighted by atomic mass is 9.99. The molecule has 0 aromatic heterocycles. The minimum Gasteiger partial charge on any atom is -0.323 e. The van der Waals surface area contributed by atoms with Crippen LogP contribution in [0.4, 0.5) is 0 Å². The lowest BCUT2D eigenvalue weighted by Crippen LogP contribution is -2.04. The molecule has 0 amide bonds. The third-order valence-electron chi connectivity index (χ3n) is 2.11. The van der Waals surface area contributed by atoms with Crippen molar-refractivity contribution in [2.24, 2.45) is 10.9 Å². The number of hydrogen-bond donors (Lipinski definition) is 1. The van der Waals surface area contributed by atoms with E-state index in [1.54, 1.807) is 0 Å². The Kier molecular flexibility index (Phi) is 3.27. The van der Waals surface area contributed by atoms with Crippen molar-refractivity contribution in [1.29, 1.82) is 0 Å². The summed E-state index contributed by atoms with van der Waals surface area (Å²) in [7, 11) is 0. The van der Waals surface area contributed by atoms with Gasteiger partial charge < -0.3 is 5.84 Å². The van der Waals surface area contributed by atoms with E-state index in [1.165, 1.54) is 37.8 Å². The second-order valence-electron chi connectivity index (χ2n) is 2.96. The summed E-state index contributed by atoms with van der Waals surface area (Å²) in [5.74, 6) is 5.21. The molecule has 0 atom stereocenters. The Morgan fingerprint density at radius 1 is 0.900 bits per heavy atom. The van der Waals surface area contributed by atoms with Crippen LogP contribution in [-0.2, 0) is 0 Å². The van der Waals surface area contributed by atoms with Gasteiger partial charge in [0.15, 0.2) is 0 Å². The molecule has 0 aliphatic heterocycles. The molecule has 1 rings (SSSR count). The molecule has 0 unspecified atom stereocenters. The molecule has 1 fully saturated rings. The fraction of sp³-hybridized carbons (Fsp3) is 0.875. The van der Waals surface area contributed by atoms with Crippen LogP contribution in [0.15, 0.2) is 5.10 Å². The van der Waals surface area contributed by atoms with Crippen molar-refractivity contribution < 1.29 is 0 Å². The quantitative estimate of drug-likeness (QED) is 0.406. The van der Waals surface area contributed by atoms with Gasteiger partial charge in [0.2, 0.25) is 0 Å². The standard InChI is InChI=1S/C8H16N2/c9-10-8-6-4-2-1-3-5-7-8/h1-7,9H2. The highest BCUT2D eigenvalue weighted by Gasteiger charge is 2.03. The maximum absolute atomic E-state index is 5.21. The van der Waals surface area contributed by atoms with Crippen LogP contribution in [0.1, 0.15) is 44.9 Å². The average Bonchev–Trinajstić information content (AvgIpc) is 1.87. The normalized spacial score (nSPS) is 21.4. The number of rotatable bonds is 0. The van der Waals surface area contributed by atoms with Gasteiger partial charge in [0, 0.05) is 5.71 Å². The van der Waals surface area contributed by atoms with Crippen LogP contribution < -0.4 is 5.84 Å². The molecule has 1 aliphatic rings. The van der Waals surface area contributed by atoms with Gasteiger partial charge in [-0.05, 0) is 25.7 Å². The highest BCUT2D eigenvalue weighted by atomic mass is 15.1. The summed E-state index contributed by atoms with van der Waals surface area (Å²) in [6.07, 6.45) is 8.97. The van der Waals surface area contributed by atoms with Crippen molar-refractivity contribution in [3.63, 3.8) is 0 Å². The summed E-state index contributed by atoms with van der Waals surface area (Å²) in [6, 6.07) is 0. The van der Waals surface area contributed by atoms with Crippen molar-refractivity contribution in [1.82, 2.24) is 0 Å². The molecule has 0 aromatic rings. The Hall–Kier alpha value is -0.530. The molecule has 0 saturated heterocycles. The van der Waals surface area contributed by atoms with Crippen LogP contribution in [-0.4, -0.2) is 5.71 Å². The summed E-state index contributed by atoms with van der Waals surface area (Å²) in [5.41, 5.74) is 1.22. The Morgan fingerprint density at radius 3 is 1.90 bits per heavy atom. The summed E-state index contributed by atoms with van der Waals surface area (Å²) < 4.78 is 0. The molecule has 0 spiro atoms. The summed E-state index contributed by atoms with van der Waals surface area (Å²) >= 11 is 0. The van der Waals surface area contributed by atoms with E-state index < -0.39 is 0 Å². The van der Waals surface area contributed by atoms with Gasteiger partial charge in [-0.25, -0.2) is 0 Å². The van der Waals surface area contributed by atoms with Gasteiger partial charge in [-0.15, -0.1) is 0 Å². The van der Waals surface area contributed by atoms with Gasteiger partial charge in [-0.2, -0.15) is 5.10 Å². The van der Waals surface area contributed by atoms with E-state index in [9.17, 15) is 0 Å². The van der Waals surface area contributed by atoms with Crippen LogP contribution in [0.2, 0.25) is 0 Å². The monoisotopic (exact) mass is 140 g/mol. The van der Waals surface area contributed by atoms with Crippen LogP contribution in [0, 0.1) is 0 Å². The van der Waals surface area contributed by atoms with Crippen molar-refractivity contribution in [2.75, 3.05) is 0 Å². The summed E-state index contributed by atoms with van der Waals surface area (Å²) in [5, 5.41) is 3.77. The van der Waals surface area contributed by atoms with E-state index in [-0.39, 0.29) is 0 Å². The van der Waals surface area contributed by atoms with Crippen molar-refractivity contribution in [3.05, 3.63) is 0 Å². The molecule has 10 heavy (non-hydrogen) atoms. The summed E-state index contributed by atoms with van der Waals surface area (Å²) in [4.78, 5) is 0. The SMILES string of the molecule is NN=C1CCCCCCC1. The number of hydrogen-bond acceptors (Lipinski definition) is 2. The maximum atomic E-state index is 5.21. The zero-order valence-electron chi connectivity index (χ0n) is 6.47. The maximum Gasteiger partial charge on any atom is 0.0375 e. The molecule has 58 valence electrons. The molecule has 2 nitrogen and oxygen atoms in total. The van der Waals surface area contributed by atoms with Gasteiger partial charge in [0.25, 0.3) is 0 Å². The second-order valence-corrected chi connectivity index (χ2v) is 2.96. The fourth-order valence-electron chi connectivity index (χ4n) is 1.44. The topological polar surface area (TPSA) is 38.4 Å². The third kappa shape index (κ3) is 2.38. The molecule has 1 aliphatic carbocycles. The predicted molar refractivity (Wildman–Crippen MR) is 43.9 cm³/mol. The minimum absolute atomic E-state index is 1.14. The van der Waals surface area contributed by atoms with Crippen LogP contribution >= 0.6 is 0 Å². The molecule has 0 heterocycles. The second kappa shape index (κ2) is 4.31. The molecule has 1 saturated carbocycles. The van der Waals surface area contributed by atoms with Crippen LogP contribution in [0.3, 0.4) is 0 Å². The van der Waals surface area contributed by atoms with Crippen molar-refractivity contribution >= 4 is 5.71 Å². The predicted octanol–water partition coefficient (Wildman–Crippen LogP) is 2.05. The molecule has 2 N–H and O–H groups in total. The van der Waals surface area contributed by atoms with Crippen LogP contribution in [0.25, 0.3) is 0 Å². The molecular weight excluding hydrogens is 124 g/mol. The average molecular weight is 140 g/mol. The van der Waals surface area contributed by atoms with Crippen molar-refractivity contribution in [3.8, 4) is 0 Å². The first-order chi connectivity index (χ1) is 4.93. The van der Waals surface area contributed by atoms with Gasteiger partial charge >= 0.3 is 0 Å². The fourth-order valence-corrected chi connectivity index (χ4v) is 1.44. The van der Waals surface area contributed by atoms with Gasteiger partial charge in [0.05, 0.1) is 0 Å². The highest BCUT2D eigenvalue weighted by molar-refractivity contribution is 5.84. The first-order valence-corrected chi connectivity index (χ1v) is 4.19. The van der Waals surface area contributed by atoms with Gasteiger partial charge in [-0.3, -0.25) is 0 Å². The Balaban J connectivity index is 2.30. The van der Waals surface area contributed by atoms with Crippen molar-refractivity contribution in [2.45, 2.75) is 44.9 Å². The van der Waals surface area contributed by atoms with E-state index in [2.05, 4.69) is 5.10 Å². The first-order valence-electron chi connectivity index (χ1n) is 4.19. The molecule has 0 bridgehead atoms. The number of hydrazone groups is 1. The largest absolute Gasteiger partial charge is 0.323 e. The van der Waals surface area contributed by atoms with E-state index in [1.807, 2.05) is 0 Å². The Bertz CT molecular complexity index is 108. The smallest absolute Gasteiger partial charge is 0.0375 e. The Labute approximate surface area is 62.5 Å². The lowest BCUT2D eigenvalue weighted by Gasteiger charge is -2.08. The lowest BCUT2D eigenvalue weighted by molar-refractivity contribution is 0.605. The number of nitrogens with two attached hydrogens (primary N) is 1.